The van der Waals surface area contributed by atoms with Crippen molar-refractivity contribution in [2.75, 3.05) is 0 Å². The fourth-order valence-corrected chi connectivity index (χ4v) is 0.483. The third-order valence-electron chi connectivity index (χ3n) is 0.865. The zero-order chi connectivity index (χ0) is 5.11. The van der Waals surface area contributed by atoms with Crippen molar-refractivity contribution >= 4 is 40.0 Å². The molecule has 0 aliphatic rings. The van der Waals surface area contributed by atoms with Crippen molar-refractivity contribution in [1.82, 2.24) is 0 Å². The Balaban J connectivity index is -0.000000163. The first-order valence-electron chi connectivity index (χ1n) is 2.33. The van der Waals surface area contributed by atoms with Crippen LogP contribution < -0.4 is 0 Å². The van der Waals surface area contributed by atoms with E-state index in [-0.39, 0.29) is 47.5 Å². The Kier molecular flexibility index (Phi) is 15.9. The molecule has 0 spiro atoms. The standard InChI is InChI=1S/C7H7.CH3.BrH.Mg/c1-7-5-3-2-4-6-7;;;/h2-5H,1H3;1H3;1H;/q2*-1;;+2. The molecule has 2 heteroatoms. The van der Waals surface area contributed by atoms with E-state index < -0.39 is 0 Å². The van der Waals surface area contributed by atoms with Crippen LogP contribution in [-0.2, 0) is 0 Å². The number of benzene rings is 1. The second-order valence-corrected chi connectivity index (χ2v) is 1.55. The zero-order valence-corrected chi connectivity index (χ0v) is 9.55. The predicted molar refractivity (Wildman–Crippen MR) is 52.5 cm³/mol. The molecule has 0 aromatic heterocycles. The number of aryl methyl sites for hydroxylation is 1. The summed E-state index contributed by atoms with van der Waals surface area (Å²) >= 11 is 0. The molecule has 1 aromatic rings. The van der Waals surface area contributed by atoms with Crippen molar-refractivity contribution in [2.24, 2.45) is 0 Å². The van der Waals surface area contributed by atoms with E-state index in [0.29, 0.717) is 0 Å². The summed E-state index contributed by atoms with van der Waals surface area (Å²) in [6.07, 6.45) is 0. The van der Waals surface area contributed by atoms with Gasteiger partial charge in [0, 0.05) is 0 Å². The van der Waals surface area contributed by atoms with Gasteiger partial charge >= 0.3 is 23.1 Å². The van der Waals surface area contributed by atoms with Crippen molar-refractivity contribution < 1.29 is 0 Å². The van der Waals surface area contributed by atoms with Gasteiger partial charge in [0.25, 0.3) is 0 Å². The summed E-state index contributed by atoms with van der Waals surface area (Å²) in [5, 5.41) is 0. The first kappa shape index (κ1) is 16.8. The molecular weight excluding hydrogens is 200 g/mol. The van der Waals surface area contributed by atoms with Gasteiger partial charge in [-0.1, -0.05) is 6.92 Å². The molecule has 0 fully saturated rings. The molecule has 1 rings (SSSR count). The maximum Gasteiger partial charge on any atom is 2.00 e. The quantitative estimate of drug-likeness (QED) is 0.457. The van der Waals surface area contributed by atoms with Crippen LogP contribution in [-0.4, -0.2) is 23.1 Å². The molecule has 0 atom stereocenters. The monoisotopic (exact) mass is 210 g/mol. The minimum absolute atomic E-state index is 0. The Morgan fingerprint density at radius 1 is 1.30 bits per heavy atom. The van der Waals surface area contributed by atoms with Crippen LogP contribution in [0.4, 0.5) is 0 Å². The van der Waals surface area contributed by atoms with Gasteiger partial charge in [-0.3, -0.25) is 0 Å². The molecule has 0 amide bonds. The van der Waals surface area contributed by atoms with Crippen molar-refractivity contribution in [2.45, 2.75) is 6.92 Å². The minimum Gasteiger partial charge on any atom is -0.358 e. The van der Waals surface area contributed by atoms with Gasteiger partial charge < -0.3 is 7.43 Å². The number of hydrogen-bond acceptors (Lipinski definition) is 0. The summed E-state index contributed by atoms with van der Waals surface area (Å²) in [5.74, 6) is 0. The van der Waals surface area contributed by atoms with E-state index in [1.165, 1.54) is 5.56 Å². The van der Waals surface area contributed by atoms with Crippen LogP contribution in [0.15, 0.2) is 24.3 Å². The molecular formula is C8H11BrMg. The number of halogens is 1. The smallest absolute Gasteiger partial charge is 0.358 e. The van der Waals surface area contributed by atoms with E-state index in [1.54, 1.807) is 0 Å². The largest absolute Gasteiger partial charge is 2.00 e. The number of rotatable bonds is 0. The van der Waals surface area contributed by atoms with Gasteiger partial charge in [0.15, 0.2) is 0 Å². The van der Waals surface area contributed by atoms with Crippen molar-refractivity contribution in [3.8, 4) is 0 Å². The Bertz CT molecular complexity index is 139. The Morgan fingerprint density at radius 2 is 1.90 bits per heavy atom. The molecule has 0 radical (unpaired) electrons. The summed E-state index contributed by atoms with van der Waals surface area (Å²) in [6, 6.07) is 10.9. The van der Waals surface area contributed by atoms with Crippen molar-refractivity contribution in [1.29, 1.82) is 0 Å². The molecule has 0 nitrogen and oxygen atoms in total. The summed E-state index contributed by atoms with van der Waals surface area (Å²) in [5.41, 5.74) is 1.20. The summed E-state index contributed by atoms with van der Waals surface area (Å²) in [6.45, 7) is 2.03. The Morgan fingerprint density at radius 3 is 2.10 bits per heavy atom. The topological polar surface area (TPSA) is 0 Å². The van der Waals surface area contributed by atoms with E-state index in [1.807, 2.05) is 31.2 Å². The molecule has 1 aromatic carbocycles. The summed E-state index contributed by atoms with van der Waals surface area (Å²) in [7, 11) is 0. The van der Waals surface area contributed by atoms with Crippen LogP contribution in [0.3, 0.4) is 0 Å². The van der Waals surface area contributed by atoms with Crippen LogP contribution >= 0.6 is 17.0 Å². The molecule has 0 heterocycles. The maximum atomic E-state index is 3.03. The maximum absolute atomic E-state index is 3.03. The van der Waals surface area contributed by atoms with Gasteiger partial charge in [0.1, 0.15) is 0 Å². The molecule has 52 valence electrons. The van der Waals surface area contributed by atoms with E-state index >= 15 is 0 Å². The Hall–Kier alpha value is 0.466. The average Bonchev–Trinajstić information content (AvgIpc) is 1.69. The molecule has 0 aliphatic heterocycles. The molecule has 0 bridgehead atoms. The van der Waals surface area contributed by atoms with Crippen molar-refractivity contribution in [3.63, 3.8) is 0 Å². The number of hydrogen-bond donors (Lipinski definition) is 0. The first-order chi connectivity index (χ1) is 3.39. The van der Waals surface area contributed by atoms with Crippen LogP contribution in [0.1, 0.15) is 5.56 Å². The molecule has 0 aliphatic carbocycles. The second-order valence-electron chi connectivity index (χ2n) is 1.55. The van der Waals surface area contributed by atoms with Gasteiger partial charge in [-0.2, -0.15) is 35.9 Å². The van der Waals surface area contributed by atoms with Gasteiger partial charge in [-0.15, -0.1) is 17.0 Å². The second kappa shape index (κ2) is 9.47. The molecule has 0 saturated heterocycles. The first-order valence-corrected chi connectivity index (χ1v) is 2.33. The third kappa shape index (κ3) is 6.58. The average molecular weight is 211 g/mol. The predicted octanol–water partition coefficient (Wildman–Crippen LogP) is 2.44. The normalized spacial score (nSPS) is 6.10. The van der Waals surface area contributed by atoms with Crippen LogP contribution in [0.25, 0.3) is 0 Å². The third-order valence-corrected chi connectivity index (χ3v) is 0.865. The van der Waals surface area contributed by atoms with E-state index in [2.05, 4.69) is 6.07 Å². The van der Waals surface area contributed by atoms with Gasteiger partial charge in [-0.05, 0) is 0 Å². The fraction of sp³-hybridized carbons (Fsp3) is 0.125. The van der Waals surface area contributed by atoms with Crippen LogP contribution in [0.5, 0.6) is 0 Å². The summed E-state index contributed by atoms with van der Waals surface area (Å²) < 4.78 is 0. The van der Waals surface area contributed by atoms with Gasteiger partial charge in [0.05, 0.1) is 0 Å². The van der Waals surface area contributed by atoms with Crippen LogP contribution in [0.2, 0.25) is 0 Å². The van der Waals surface area contributed by atoms with Gasteiger partial charge in [0.2, 0.25) is 0 Å². The van der Waals surface area contributed by atoms with E-state index in [4.69, 9.17) is 0 Å². The SMILES string of the molecule is Br.Cc1[c-]cccc1.[CH3-].[Mg+2]. The van der Waals surface area contributed by atoms with E-state index in [0.717, 1.165) is 0 Å². The molecule has 0 saturated carbocycles. The fourth-order valence-electron chi connectivity index (χ4n) is 0.483. The zero-order valence-electron chi connectivity index (χ0n) is 6.42. The summed E-state index contributed by atoms with van der Waals surface area (Å²) in [4.78, 5) is 0. The Labute approximate surface area is 89.9 Å². The molecule has 0 N–H and O–H groups in total. The van der Waals surface area contributed by atoms with Crippen molar-refractivity contribution in [3.05, 3.63) is 43.3 Å². The molecule has 0 unspecified atom stereocenters. The minimum atomic E-state index is 0. The van der Waals surface area contributed by atoms with Gasteiger partial charge in [-0.25, -0.2) is 0 Å². The molecule has 10 heavy (non-hydrogen) atoms. The van der Waals surface area contributed by atoms with E-state index in [9.17, 15) is 0 Å². The van der Waals surface area contributed by atoms with Crippen LogP contribution in [0, 0.1) is 20.4 Å².